The first-order valence-corrected chi connectivity index (χ1v) is 12.7. The summed E-state index contributed by atoms with van der Waals surface area (Å²) in [5.74, 6) is 1.94. The summed E-state index contributed by atoms with van der Waals surface area (Å²) >= 11 is 0. The predicted octanol–water partition coefficient (Wildman–Crippen LogP) is 4.38. The van der Waals surface area contributed by atoms with E-state index in [4.69, 9.17) is 0 Å². The molecule has 0 aromatic heterocycles. The van der Waals surface area contributed by atoms with Gasteiger partial charge in [0.25, 0.3) is 0 Å². The number of aliphatic hydroxyl groups is 2. The first-order valence-electron chi connectivity index (χ1n) is 12.7. The number of hydrogen-bond donors (Lipinski definition) is 5. The standard InChI is InChI=1S/C27H45NO4/c1-18(8-6-14-26(3,4)28(31)32)23-12-13-24-20(9-7-15-27(23,24)5)10-11-21-16-22(29)17-25(30)19(21)2/h10-11,18,22-25,29-32H,2,6-9,12-17H2,1,3-5H3/p+1/b20-10+,21-11-/t18-,22+,23+,24-,25-,27+/m0/s1. The van der Waals surface area contributed by atoms with Crippen LogP contribution in [0.4, 0.5) is 0 Å². The molecule has 0 aromatic carbocycles. The Morgan fingerprint density at radius 2 is 1.94 bits per heavy atom. The summed E-state index contributed by atoms with van der Waals surface area (Å²) in [7, 11) is 0. The van der Waals surface area contributed by atoms with E-state index in [2.05, 4.69) is 32.6 Å². The molecule has 5 heteroatoms. The number of nitrogens with one attached hydrogen (secondary N) is 1. The summed E-state index contributed by atoms with van der Waals surface area (Å²) in [5, 5.41) is 38.7. The van der Waals surface area contributed by atoms with Crippen molar-refractivity contribution in [1.29, 1.82) is 0 Å². The van der Waals surface area contributed by atoms with Crippen LogP contribution >= 0.6 is 0 Å². The maximum Gasteiger partial charge on any atom is 0.154 e. The fourth-order valence-corrected chi connectivity index (χ4v) is 6.86. The molecular weight excluding hydrogens is 402 g/mol. The lowest BCUT2D eigenvalue weighted by molar-refractivity contribution is -1.27. The fourth-order valence-electron chi connectivity index (χ4n) is 6.86. The molecule has 32 heavy (non-hydrogen) atoms. The Kier molecular flexibility index (Phi) is 8.10. The summed E-state index contributed by atoms with van der Waals surface area (Å²) in [6, 6.07) is 0. The number of quaternary nitrogens is 1. The highest BCUT2D eigenvalue weighted by Crippen LogP contribution is 2.60. The molecule has 5 nitrogen and oxygen atoms in total. The minimum atomic E-state index is -0.632. The Hall–Kier alpha value is -0.980. The highest BCUT2D eigenvalue weighted by molar-refractivity contribution is 5.38. The smallest absolute Gasteiger partial charge is 0.154 e. The van der Waals surface area contributed by atoms with E-state index in [0.717, 1.165) is 36.8 Å². The van der Waals surface area contributed by atoms with Crippen molar-refractivity contribution in [3.63, 3.8) is 0 Å². The van der Waals surface area contributed by atoms with E-state index in [1.54, 1.807) is 0 Å². The van der Waals surface area contributed by atoms with Gasteiger partial charge in [-0.15, -0.1) is 0 Å². The molecule has 182 valence electrons. The minimum Gasteiger partial charge on any atom is -0.393 e. The largest absolute Gasteiger partial charge is 0.393 e. The first-order chi connectivity index (χ1) is 15.0. The Labute approximate surface area is 194 Å². The van der Waals surface area contributed by atoms with E-state index in [0.29, 0.717) is 36.0 Å². The van der Waals surface area contributed by atoms with E-state index >= 15 is 0 Å². The van der Waals surface area contributed by atoms with Crippen LogP contribution in [0.3, 0.4) is 0 Å². The number of allylic oxidation sites excluding steroid dienone is 3. The number of hydrogen-bond acceptors (Lipinski definition) is 4. The molecule has 3 rings (SSSR count). The van der Waals surface area contributed by atoms with Gasteiger partial charge in [-0.2, -0.15) is 10.4 Å². The van der Waals surface area contributed by atoms with Crippen molar-refractivity contribution in [3.05, 3.63) is 35.5 Å². The van der Waals surface area contributed by atoms with Gasteiger partial charge in [0, 0.05) is 12.8 Å². The van der Waals surface area contributed by atoms with Crippen LogP contribution in [0.25, 0.3) is 0 Å². The van der Waals surface area contributed by atoms with Crippen molar-refractivity contribution in [2.75, 3.05) is 0 Å². The average Bonchev–Trinajstić information content (AvgIpc) is 3.06. The monoisotopic (exact) mass is 448 g/mol. The van der Waals surface area contributed by atoms with Gasteiger partial charge in [-0.1, -0.05) is 49.8 Å². The normalized spacial score (nSPS) is 37.3. The van der Waals surface area contributed by atoms with Gasteiger partial charge in [0.15, 0.2) is 5.54 Å². The summed E-state index contributed by atoms with van der Waals surface area (Å²) in [6.07, 6.45) is 13.3. The molecule has 0 spiro atoms. The van der Waals surface area contributed by atoms with E-state index in [1.165, 1.54) is 31.3 Å². The van der Waals surface area contributed by atoms with Crippen molar-refractivity contribution >= 4 is 0 Å². The molecule has 5 N–H and O–H groups in total. The molecule has 3 fully saturated rings. The molecule has 0 heterocycles. The zero-order valence-electron chi connectivity index (χ0n) is 20.6. The molecular formula is C27H46NO4+. The lowest BCUT2D eigenvalue weighted by Crippen LogP contribution is -3.15. The van der Waals surface area contributed by atoms with E-state index < -0.39 is 23.0 Å². The molecule has 6 atom stereocenters. The fraction of sp³-hybridized carbons (Fsp3) is 0.778. The maximum atomic E-state index is 10.1. The lowest BCUT2D eigenvalue weighted by Gasteiger charge is -2.44. The number of hydroxylamine groups is 2. The van der Waals surface area contributed by atoms with Gasteiger partial charge in [-0.3, -0.25) is 0 Å². The van der Waals surface area contributed by atoms with Crippen LogP contribution in [0.5, 0.6) is 0 Å². The number of fused-ring (bicyclic) bond motifs is 1. The average molecular weight is 449 g/mol. The third kappa shape index (κ3) is 5.39. The third-order valence-electron chi connectivity index (χ3n) is 9.06. The van der Waals surface area contributed by atoms with Crippen molar-refractivity contribution < 1.29 is 25.9 Å². The molecule has 0 aliphatic heterocycles. The number of rotatable bonds is 7. The van der Waals surface area contributed by atoms with E-state index in [-0.39, 0.29) is 0 Å². The van der Waals surface area contributed by atoms with Crippen molar-refractivity contribution in [3.8, 4) is 0 Å². The van der Waals surface area contributed by atoms with Crippen LogP contribution in [0, 0.1) is 23.2 Å². The maximum absolute atomic E-state index is 10.1. The number of aliphatic hydroxyl groups excluding tert-OH is 2. The Balaban J connectivity index is 1.67. The van der Waals surface area contributed by atoms with Gasteiger partial charge in [0.05, 0.1) is 12.2 Å². The van der Waals surface area contributed by atoms with Crippen molar-refractivity contribution in [2.24, 2.45) is 23.2 Å². The second-order valence-corrected chi connectivity index (χ2v) is 11.7. The minimum absolute atomic E-state index is 0.325. The first kappa shape index (κ1) is 25.6. The van der Waals surface area contributed by atoms with Crippen LogP contribution in [0.1, 0.15) is 91.9 Å². The zero-order valence-corrected chi connectivity index (χ0v) is 20.6. The molecule has 3 aliphatic carbocycles. The van der Waals surface area contributed by atoms with Gasteiger partial charge in [0.1, 0.15) is 0 Å². The highest BCUT2D eigenvalue weighted by Gasteiger charge is 2.50. The third-order valence-corrected chi connectivity index (χ3v) is 9.06. The summed E-state index contributed by atoms with van der Waals surface area (Å²) in [4.78, 5) is 0. The Bertz CT molecular complexity index is 740. The Morgan fingerprint density at radius 1 is 1.22 bits per heavy atom. The van der Waals surface area contributed by atoms with Gasteiger partial charge in [-0.25, -0.2) is 0 Å². The van der Waals surface area contributed by atoms with Gasteiger partial charge >= 0.3 is 0 Å². The Morgan fingerprint density at radius 3 is 2.62 bits per heavy atom. The molecule has 0 radical (unpaired) electrons. The van der Waals surface area contributed by atoms with Gasteiger partial charge in [0.2, 0.25) is 0 Å². The summed E-state index contributed by atoms with van der Waals surface area (Å²) in [5.41, 5.74) is 3.08. The molecule has 0 aromatic rings. The quantitative estimate of drug-likeness (QED) is 0.374. The van der Waals surface area contributed by atoms with Crippen LogP contribution in [0.15, 0.2) is 35.5 Å². The van der Waals surface area contributed by atoms with Crippen LogP contribution in [-0.2, 0) is 0 Å². The van der Waals surface area contributed by atoms with Crippen LogP contribution in [0.2, 0.25) is 0 Å². The topological polar surface area (TPSA) is 85.4 Å². The molecule has 3 saturated carbocycles. The van der Waals surface area contributed by atoms with Crippen LogP contribution in [-0.4, -0.2) is 38.4 Å². The van der Waals surface area contributed by atoms with E-state index in [1.807, 2.05) is 13.8 Å². The van der Waals surface area contributed by atoms with Crippen molar-refractivity contribution in [2.45, 2.75) is 110 Å². The predicted molar refractivity (Wildman–Crippen MR) is 126 cm³/mol. The molecule has 3 aliphatic rings. The molecule has 0 bridgehead atoms. The lowest BCUT2D eigenvalue weighted by atomic mass is 9.60. The molecule has 0 amide bonds. The zero-order chi connectivity index (χ0) is 23.7. The second-order valence-electron chi connectivity index (χ2n) is 11.7. The molecule has 0 unspecified atom stereocenters. The van der Waals surface area contributed by atoms with Gasteiger partial charge < -0.3 is 10.2 Å². The van der Waals surface area contributed by atoms with Gasteiger partial charge in [-0.05, 0) is 93.1 Å². The SMILES string of the molecule is C=C1/C(=C\C=C2/CCC[C@]3(C)[C@@H]([C@@H](C)CCCC(C)(C)[NH+](O)O)CC[C@@H]23)C[C@@H](O)C[C@@H]1O. The molecule has 0 saturated heterocycles. The highest BCUT2D eigenvalue weighted by atomic mass is 16.8. The van der Waals surface area contributed by atoms with Crippen LogP contribution < -0.4 is 5.23 Å². The summed E-state index contributed by atoms with van der Waals surface area (Å²) < 4.78 is 0. The van der Waals surface area contributed by atoms with E-state index in [9.17, 15) is 20.6 Å². The second kappa shape index (κ2) is 10.1. The van der Waals surface area contributed by atoms with Crippen molar-refractivity contribution in [1.82, 2.24) is 0 Å². The summed E-state index contributed by atoms with van der Waals surface area (Å²) in [6.45, 7) is 12.7.